The fraction of sp³-hybridized carbons (Fsp3) is 0.308. The van der Waals surface area contributed by atoms with E-state index in [1.165, 1.54) is 0 Å². The van der Waals surface area contributed by atoms with E-state index >= 15 is 0 Å². The third kappa shape index (κ3) is 3.65. The van der Waals surface area contributed by atoms with E-state index in [0.717, 1.165) is 22.5 Å². The molecule has 32 heavy (non-hydrogen) atoms. The SMILES string of the molecule is CN(C)c1ccc([C@H]2C(C#N)=C(N)N(N(C)C)C3=C2C(=O)C[C@H](c2ccccc2)C3)cc1. The Morgan fingerprint density at radius 3 is 2.19 bits per heavy atom. The van der Waals surface area contributed by atoms with Crippen LogP contribution in [0.3, 0.4) is 0 Å². The lowest BCUT2D eigenvalue weighted by molar-refractivity contribution is -0.117. The average molecular weight is 428 g/mol. The number of hydrazine groups is 1. The normalized spacial score (nSPS) is 21.0. The third-order valence-electron chi connectivity index (χ3n) is 6.35. The molecule has 6 heteroatoms. The molecule has 0 amide bonds. The van der Waals surface area contributed by atoms with Gasteiger partial charge in [-0.05, 0) is 35.6 Å². The minimum atomic E-state index is -0.452. The molecule has 2 aromatic rings. The maximum Gasteiger partial charge on any atom is 0.162 e. The van der Waals surface area contributed by atoms with Crippen LogP contribution in [0.25, 0.3) is 0 Å². The first-order valence-corrected chi connectivity index (χ1v) is 10.8. The number of hydrogen-bond acceptors (Lipinski definition) is 6. The number of rotatable bonds is 4. The Morgan fingerprint density at radius 2 is 1.62 bits per heavy atom. The fourth-order valence-corrected chi connectivity index (χ4v) is 4.83. The van der Waals surface area contributed by atoms with Gasteiger partial charge in [-0.15, -0.1) is 0 Å². The number of carbonyl (C=O) groups is 1. The van der Waals surface area contributed by atoms with Crippen molar-refractivity contribution in [2.45, 2.75) is 24.7 Å². The van der Waals surface area contributed by atoms with Crippen molar-refractivity contribution in [2.24, 2.45) is 5.73 Å². The zero-order chi connectivity index (χ0) is 23.0. The molecular weight excluding hydrogens is 398 g/mol. The van der Waals surface area contributed by atoms with Crippen LogP contribution in [0.2, 0.25) is 0 Å². The van der Waals surface area contributed by atoms with Gasteiger partial charge >= 0.3 is 0 Å². The number of carbonyl (C=O) groups excluding carboxylic acids is 1. The number of ketones is 1. The second-order valence-corrected chi connectivity index (χ2v) is 8.79. The summed E-state index contributed by atoms with van der Waals surface area (Å²) in [5.41, 5.74) is 11.7. The zero-order valence-corrected chi connectivity index (χ0v) is 19.0. The molecule has 0 saturated heterocycles. The van der Waals surface area contributed by atoms with Gasteiger partial charge in [0, 0.05) is 51.6 Å². The average Bonchev–Trinajstić information content (AvgIpc) is 2.78. The fourth-order valence-electron chi connectivity index (χ4n) is 4.83. The summed E-state index contributed by atoms with van der Waals surface area (Å²) in [6.45, 7) is 0. The van der Waals surface area contributed by atoms with Gasteiger partial charge in [0.25, 0.3) is 0 Å². The number of nitrogens with zero attached hydrogens (tertiary/aromatic N) is 4. The number of nitrogens with two attached hydrogens (primary N) is 1. The molecule has 2 N–H and O–H groups in total. The van der Waals surface area contributed by atoms with Crippen molar-refractivity contribution >= 4 is 11.5 Å². The van der Waals surface area contributed by atoms with Gasteiger partial charge in [0.05, 0.1) is 17.6 Å². The van der Waals surface area contributed by atoms with Crippen molar-refractivity contribution in [3.8, 4) is 6.07 Å². The van der Waals surface area contributed by atoms with E-state index in [-0.39, 0.29) is 11.7 Å². The van der Waals surface area contributed by atoms with E-state index < -0.39 is 5.92 Å². The maximum atomic E-state index is 13.6. The maximum absolute atomic E-state index is 13.6. The van der Waals surface area contributed by atoms with E-state index in [1.807, 2.05) is 85.6 Å². The van der Waals surface area contributed by atoms with Crippen LogP contribution < -0.4 is 10.6 Å². The number of hydrogen-bond donors (Lipinski definition) is 1. The second kappa shape index (κ2) is 8.52. The Labute approximate surface area is 189 Å². The lowest BCUT2D eigenvalue weighted by Gasteiger charge is -2.43. The predicted molar refractivity (Wildman–Crippen MR) is 126 cm³/mol. The van der Waals surface area contributed by atoms with Gasteiger partial charge < -0.3 is 10.6 Å². The van der Waals surface area contributed by atoms with Gasteiger partial charge in [-0.3, -0.25) is 9.80 Å². The van der Waals surface area contributed by atoms with Gasteiger partial charge in [0.2, 0.25) is 0 Å². The van der Waals surface area contributed by atoms with Gasteiger partial charge in [-0.1, -0.05) is 42.5 Å². The largest absolute Gasteiger partial charge is 0.383 e. The van der Waals surface area contributed by atoms with Crippen molar-refractivity contribution in [1.82, 2.24) is 10.0 Å². The Bertz CT molecular complexity index is 1120. The topological polar surface area (TPSA) is 76.6 Å². The minimum absolute atomic E-state index is 0.0777. The molecule has 0 bridgehead atoms. The smallest absolute Gasteiger partial charge is 0.162 e. The molecular formula is C26H29N5O. The monoisotopic (exact) mass is 427 g/mol. The van der Waals surface area contributed by atoms with Crippen molar-refractivity contribution in [2.75, 3.05) is 33.1 Å². The van der Waals surface area contributed by atoms with Crippen LogP contribution >= 0.6 is 0 Å². The predicted octanol–water partition coefficient (Wildman–Crippen LogP) is 3.72. The summed E-state index contributed by atoms with van der Waals surface area (Å²) >= 11 is 0. The van der Waals surface area contributed by atoms with Gasteiger partial charge in [0.1, 0.15) is 5.82 Å². The molecule has 0 unspecified atom stereocenters. The summed E-state index contributed by atoms with van der Waals surface area (Å²) in [6, 6.07) is 20.5. The van der Waals surface area contributed by atoms with Crippen LogP contribution in [0.4, 0.5) is 5.69 Å². The summed E-state index contributed by atoms with van der Waals surface area (Å²) in [6.07, 6.45) is 1.12. The van der Waals surface area contributed by atoms with Crippen LogP contribution in [-0.4, -0.2) is 44.0 Å². The number of anilines is 1. The van der Waals surface area contributed by atoms with Crippen molar-refractivity contribution in [3.63, 3.8) is 0 Å². The van der Waals surface area contributed by atoms with Crippen LogP contribution in [0.15, 0.2) is 77.3 Å². The first kappa shape index (κ1) is 21.7. The molecule has 2 aliphatic rings. The van der Waals surface area contributed by atoms with Gasteiger partial charge in [-0.25, -0.2) is 5.01 Å². The molecule has 2 atom stereocenters. The molecule has 0 radical (unpaired) electrons. The molecule has 1 aliphatic heterocycles. The molecule has 0 spiro atoms. The first-order valence-electron chi connectivity index (χ1n) is 10.8. The lowest BCUT2D eigenvalue weighted by atomic mass is 9.72. The zero-order valence-electron chi connectivity index (χ0n) is 19.0. The second-order valence-electron chi connectivity index (χ2n) is 8.79. The molecule has 1 aliphatic carbocycles. The summed E-state index contributed by atoms with van der Waals surface area (Å²) in [5, 5.41) is 13.8. The van der Waals surface area contributed by atoms with Crippen molar-refractivity contribution in [3.05, 3.63) is 88.4 Å². The highest BCUT2D eigenvalue weighted by Crippen LogP contribution is 2.48. The quantitative estimate of drug-likeness (QED) is 0.801. The number of benzene rings is 2. The Hall–Kier alpha value is -3.56. The number of nitriles is 1. The molecule has 164 valence electrons. The molecule has 0 saturated carbocycles. The van der Waals surface area contributed by atoms with Crippen LogP contribution in [0, 0.1) is 11.3 Å². The Morgan fingerprint density at radius 1 is 0.969 bits per heavy atom. The highest BCUT2D eigenvalue weighted by molar-refractivity contribution is 6.00. The van der Waals surface area contributed by atoms with Gasteiger partial charge in [-0.2, -0.15) is 5.26 Å². The van der Waals surface area contributed by atoms with E-state index in [1.54, 1.807) is 0 Å². The standard InChI is InChI=1S/C26H29N5O/c1-29(2)20-12-10-18(11-13-20)24-21(16-27)26(28)31(30(3)4)22-14-19(15-23(32)25(22)24)17-8-6-5-7-9-17/h5-13,19,24H,14-15,28H2,1-4H3/t19-,24+/m1/s1. The highest BCUT2D eigenvalue weighted by Gasteiger charge is 2.43. The summed E-state index contributed by atoms with van der Waals surface area (Å²) in [4.78, 5) is 15.6. The molecule has 6 nitrogen and oxygen atoms in total. The Kier molecular flexibility index (Phi) is 5.77. The molecule has 4 rings (SSSR count). The summed E-state index contributed by atoms with van der Waals surface area (Å²) in [5.74, 6) is 0.0954. The molecule has 0 aromatic heterocycles. The molecule has 2 aromatic carbocycles. The van der Waals surface area contributed by atoms with Crippen LogP contribution in [-0.2, 0) is 4.79 Å². The van der Waals surface area contributed by atoms with Gasteiger partial charge in [0.15, 0.2) is 5.78 Å². The molecule has 0 fully saturated rings. The van der Waals surface area contributed by atoms with Crippen LogP contribution in [0.5, 0.6) is 0 Å². The van der Waals surface area contributed by atoms with E-state index in [9.17, 15) is 10.1 Å². The highest BCUT2D eigenvalue weighted by atomic mass is 16.1. The van der Waals surface area contributed by atoms with Crippen molar-refractivity contribution < 1.29 is 4.79 Å². The van der Waals surface area contributed by atoms with Crippen LogP contribution in [0.1, 0.15) is 35.8 Å². The number of Topliss-reactive ketones (excluding diaryl/α,β-unsaturated/α-hetero) is 1. The van der Waals surface area contributed by atoms with Crippen molar-refractivity contribution in [1.29, 1.82) is 5.26 Å². The van der Waals surface area contributed by atoms with E-state index in [0.29, 0.717) is 29.8 Å². The first-order chi connectivity index (χ1) is 15.3. The summed E-state index contributed by atoms with van der Waals surface area (Å²) < 4.78 is 0. The Balaban J connectivity index is 1.86. The van der Waals surface area contributed by atoms with E-state index in [4.69, 9.17) is 5.73 Å². The lowest BCUT2D eigenvalue weighted by Crippen LogP contribution is -2.46. The third-order valence-corrected chi connectivity index (χ3v) is 6.35. The minimum Gasteiger partial charge on any atom is -0.383 e. The summed E-state index contributed by atoms with van der Waals surface area (Å²) in [7, 11) is 7.74. The number of allylic oxidation sites excluding steroid dienone is 3. The molecule has 1 heterocycles. The van der Waals surface area contributed by atoms with E-state index in [2.05, 4.69) is 18.2 Å².